The molecule has 0 atom stereocenters. The third-order valence-corrected chi connectivity index (χ3v) is 4.06. The third-order valence-electron chi connectivity index (χ3n) is 4.06. The molecule has 0 unspecified atom stereocenters. The number of allylic oxidation sites excluding steroid dienone is 1. The molecule has 0 aliphatic carbocycles. The van der Waals surface area contributed by atoms with Crippen LogP contribution in [0.4, 0.5) is 0 Å². The van der Waals surface area contributed by atoms with E-state index in [1.54, 1.807) is 6.07 Å². The number of aromatic hydroxyl groups is 1. The summed E-state index contributed by atoms with van der Waals surface area (Å²) in [7, 11) is 0. The molecule has 0 heterocycles. The van der Waals surface area contributed by atoms with Gasteiger partial charge >= 0.3 is 0 Å². The van der Waals surface area contributed by atoms with E-state index in [1.165, 1.54) is 29.5 Å². The van der Waals surface area contributed by atoms with Crippen molar-refractivity contribution in [2.45, 2.75) is 65.8 Å². The molecule has 2 nitrogen and oxygen atoms in total. The summed E-state index contributed by atoms with van der Waals surface area (Å²) in [5, 5.41) is 13.4. The lowest BCUT2D eigenvalue weighted by Gasteiger charge is -2.17. The minimum atomic E-state index is 0.353. The molecular weight excluding hydrogens is 258 g/mol. The predicted octanol–water partition coefficient (Wildman–Crippen LogP) is 5.05. The Balaban J connectivity index is 2.79. The predicted molar refractivity (Wildman–Crippen MR) is 92.7 cm³/mol. The van der Waals surface area contributed by atoms with Gasteiger partial charge in [0.2, 0.25) is 0 Å². The summed E-state index contributed by atoms with van der Waals surface area (Å²) in [5.74, 6) is 0.353. The molecule has 1 aromatic carbocycles. The van der Waals surface area contributed by atoms with Crippen molar-refractivity contribution in [2.75, 3.05) is 6.54 Å². The number of hydrogen-bond donors (Lipinski definition) is 2. The lowest BCUT2D eigenvalue weighted by atomic mass is 9.96. The highest BCUT2D eigenvalue weighted by molar-refractivity contribution is 5.69. The fourth-order valence-corrected chi connectivity index (χ4v) is 2.61. The van der Waals surface area contributed by atoms with Gasteiger partial charge in [-0.05, 0) is 68.0 Å². The van der Waals surface area contributed by atoms with Crippen LogP contribution in [0.3, 0.4) is 0 Å². The first-order valence-electron chi connectivity index (χ1n) is 8.34. The van der Waals surface area contributed by atoms with Crippen LogP contribution in [0.1, 0.15) is 64.0 Å². The molecule has 0 radical (unpaired) electrons. The van der Waals surface area contributed by atoms with Crippen LogP contribution >= 0.6 is 0 Å². The van der Waals surface area contributed by atoms with Crippen molar-refractivity contribution in [2.24, 2.45) is 0 Å². The number of rotatable bonds is 9. The van der Waals surface area contributed by atoms with Crippen LogP contribution in [-0.2, 0) is 0 Å². The minimum absolute atomic E-state index is 0.353. The lowest BCUT2D eigenvalue weighted by molar-refractivity contribution is 0.474. The minimum Gasteiger partial charge on any atom is -0.508 e. The average Bonchev–Trinajstić information content (AvgIpc) is 2.49. The van der Waals surface area contributed by atoms with Crippen LogP contribution in [0.2, 0.25) is 0 Å². The van der Waals surface area contributed by atoms with Crippen LogP contribution < -0.4 is 5.32 Å². The second-order valence-electron chi connectivity index (χ2n) is 5.73. The SMILES string of the molecule is CCC/C=C(/CCNC(CC)CC)c1cc(O)ccc1C. The summed E-state index contributed by atoms with van der Waals surface area (Å²) in [6.07, 6.45) is 7.94. The smallest absolute Gasteiger partial charge is 0.116 e. The van der Waals surface area contributed by atoms with Crippen LogP contribution in [0.5, 0.6) is 5.75 Å². The van der Waals surface area contributed by atoms with Gasteiger partial charge in [0.15, 0.2) is 0 Å². The summed E-state index contributed by atoms with van der Waals surface area (Å²) in [6, 6.07) is 6.27. The number of aryl methyl sites for hydroxylation is 1. The van der Waals surface area contributed by atoms with E-state index in [0.29, 0.717) is 11.8 Å². The standard InChI is InChI=1S/C19H31NO/c1-5-8-9-16(12-13-20-17(6-2)7-3)19-14-18(21)11-10-15(19)4/h9-11,14,17,20-21H,5-8,12-13H2,1-4H3/b16-9-. The summed E-state index contributed by atoms with van der Waals surface area (Å²) >= 11 is 0. The first-order valence-corrected chi connectivity index (χ1v) is 8.34. The van der Waals surface area contributed by atoms with E-state index in [-0.39, 0.29) is 0 Å². The van der Waals surface area contributed by atoms with E-state index in [9.17, 15) is 5.11 Å². The van der Waals surface area contributed by atoms with Crippen molar-refractivity contribution < 1.29 is 5.11 Å². The molecule has 21 heavy (non-hydrogen) atoms. The fraction of sp³-hybridized carbons (Fsp3) is 0.579. The molecule has 0 amide bonds. The summed E-state index contributed by atoms with van der Waals surface area (Å²) in [4.78, 5) is 0. The Hall–Kier alpha value is -1.28. The zero-order chi connectivity index (χ0) is 15.7. The van der Waals surface area contributed by atoms with Crippen molar-refractivity contribution >= 4 is 5.57 Å². The van der Waals surface area contributed by atoms with Crippen molar-refractivity contribution in [3.05, 3.63) is 35.4 Å². The van der Waals surface area contributed by atoms with E-state index < -0.39 is 0 Å². The van der Waals surface area contributed by atoms with Gasteiger partial charge in [-0.2, -0.15) is 0 Å². The zero-order valence-corrected chi connectivity index (χ0v) is 14.1. The van der Waals surface area contributed by atoms with Crippen molar-refractivity contribution in [3.63, 3.8) is 0 Å². The van der Waals surface area contributed by atoms with Crippen LogP contribution in [0.15, 0.2) is 24.3 Å². The highest BCUT2D eigenvalue weighted by Gasteiger charge is 2.08. The Morgan fingerprint density at radius 3 is 2.57 bits per heavy atom. The van der Waals surface area contributed by atoms with Gasteiger partial charge in [-0.1, -0.05) is 39.3 Å². The Bertz CT molecular complexity index is 447. The normalized spacial score (nSPS) is 12.1. The van der Waals surface area contributed by atoms with E-state index in [0.717, 1.165) is 25.8 Å². The van der Waals surface area contributed by atoms with E-state index >= 15 is 0 Å². The monoisotopic (exact) mass is 289 g/mol. The van der Waals surface area contributed by atoms with Gasteiger partial charge in [-0.3, -0.25) is 0 Å². The van der Waals surface area contributed by atoms with Gasteiger partial charge in [-0.15, -0.1) is 0 Å². The molecule has 0 saturated heterocycles. The highest BCUT2D eigenvalue weighted by Crippen LogP contribution is 2.26. The fourth-order valence-electron chi connectivity index (χ4n) is 2.61. The molecule has 0 saturated carbocycles. The van der Waals surface area contributed by atoms with E-state index in [4.69, 9.17) is 0 Å². The molecule has 0 aliphatic heterocycles. The van der Waals surface area contributed by atoms with Gasteiger partial charge in [0.1, 0.15) is 5.75 Å². The first kappa shape index (κ1) is 17.8. The van der Waals surface area contributed by atoms with Crippen molar-refractivity contribution in [3.8, 4) is 5.75 Å². The molecule has 1 aromatic rings. The number of phenolic OH excluding ortho intramolecular Hbond substituents is 1. The van der Waals surface area contributed by atoms with E-state index in [2.05, 4.69) is 39.1 Å². The maximum absolute atomic E-state index is 9.76. The van der Waals surface area contributed by atoms with Gasteiger partial charge in [0, 0.05) is 6.04 Å². The molecule has 2 N–H and O–H groups in total. The summed E-state index contributed by atoms with van der Waals surface area (Å²) < 4.78 is 0. The molecule has 118 valence electrons. The molecule has 0 aromatic heterocycles. The molecule has 0 aliphatic rings. The van der Waals surface area contributed by atoms with Crippen LogP contribution in [0.25, 0.3) is 5.57 Å². The highest BCUT2D eigenvalue weighted by atomic mass is 16.3. The molecular formula is C19H31NO. The Labute approximate surface area is 130 Å². The molecule has 0 bridgehead atoms. The Morgan fingerprint density at radius 2 is 1.95 bits per heavy atom. The van der Waals surface area contributed by atoms with Gasteiger partial charge in [0.05, 0.1) is 0 Å². The number of benzene rings is 1. The molecule has 0 fully saturated rings. The quantitative estimate of drug-likeness (QED) is 0.666. The second-order valence-corrected chi connectivity index (χ2v) is 5.73. The molecule has 1 rings (SSSR count). The molecule has 0 spiro atoms. The van der Waals surface area contributed by atoms with Gasteiger partial charge in [-0.25, -0.2) is 0 Å². The number of nitrogens with one attached hydrogen (secondary N) is 1. The van der Waals surface area contributed by atoms with Crippen molar-refractivity contribution in [1.82, 2.24) is 5.32 Å². The topological polar surface area (TPSA) is 32.3 Å². The van der Waals surface area contributed by atoms with Gasteiger partial charge in [0.25, 0.3) is 0 Å². The zero-order valence-electron chi connectivity index (χ0n) is 14.1. The maximum atomic E-state index is 9.76. The second kappa shape index (κ2) is 9.62. The largest absolute Gasteiger partial charge is 0.508 e. The third kappa shape index (κ3) is 5.92. The lowest BCUT2D eigenvalue weighted by Crippen LogP contribution is -2.28. The summed E-state index contributed by atoms with van der Waals surface area (Å²) in [6.45, 7) is 9.77. The Morgan fingerprint density at radius 1 is 1.24 bits per heavy atom. The van der Waals surface area contributed by atoms with Crippen LogP contribution in [-0.4, -0.2) is 17.7 Å². The first-order chi connectivity index (χ1) is 10.1. The number of hydrogen-bond acceptors (Lipinski definition) is 2. The number of phenols is 1. The maximum Gasteiger partial charge on any atom is 0.116 e. The van der Waals surface area contributed by atoms with Crippen molar-refractivity contribution in [1.29, 1.82) is 0 Å². The average molecular weight is 289 g/mol. The van der Waals surface area contributed by atoms with E-state index in [1.807, 2.05) is 12.1 Å². The number of unbranched alkanes of at least 4 members (excludes halogenated alkanes) is 1. The van der Waals surface area contributed by atoms with Crippen LogP contribution in [0, 0.1) is 6.92 Å². The van der Waals surface area contributed by atoms with Gasteiger partial charge < -0.3 is 10.4 Å². The summed E-state index contributed by atoms with van der Waals surface area (Å²) in [5.41, 5.74) is 3.77. The Kier molecular flexibility index (Phi) is 8.14. The molecule has 2 heteroatoms.